The van der Waals surface area contributed by atoms with E-state index in [9.17, 15) is 5.21 Å². The normalized spacial score (nSPS) is 16.6. The van der Waals surface area contributed by atoms with Gasteiger partial charge in [0.15, 0.2) is 11.9 Å². The van der Waals surface area contributed by atoms with Crippen LogP contribution in [0.4, 0.5) is 0 Å². The Balaban J connectivity index is 1.54. The highest BCUT2D eigenvalue weighted by Gasteiger charge is 2.25. The van der Waals surface area contributed by atoms with Crippen LogP contribution in [0.2, 0.25) is 5.02 Å². The Hall–Kier alpha value is -2.11. The van der Waals surface area contributed by atoms with Crippen LogP contribution in [-0.4, -0.2) is 37.4 Å². The molecule has 138 valence electrons. The Morgan fingerprint density at radius 3 is 2.62 bits per heavy atom. The molecule has 2 aromatic rings. The zero-order chi connectivity index (χ0) is 18.4. The van der Waals surface area contributed by atoms with Gasteiger partial charge in [0.1, 0.15) is 7.11 Å². The number of rotatable bonds is 6. The Morgan fingerprint density at radius 1 is 1.23 bits per heavy atom. The van der Waals surface area contributed by atoms with Crippen molar-refractivity contribution in [3.8, 4) is 0 Å². The van der Waals surface area contributed by atoms with E-state index in [1.807, 2.05) is 36.4 Å². The van der Waals surface area contributed by atoms with E-state index in [2.05, 4.69) is 10.1 Å². The van der Waals surface area contributed by atoms with E-state index in [1.54, 1.807) is 19.4 Å². The zero-order valence-electron chi connectivity index (χ0n) is 15.0. The second-order valence-corrected chi connectivity index (χ2v) is 6.98. The minimum absolute atomic E-state index is 0.341. The number of pyridine rings is 1. The molecule has 26 heavy (non-hydrogen) atoms. The highest BCUT2D eigenvalue weighted by Crippen LogP contribution is 2.25. The molecule has 1 aromatic heterocycles. The third-order valence-corrected chi connectivity index (χ3v) is 5.16. The number of benzene rings is 1. The van der Waals surface area contributed by atoms with Crippen LogP contribution in [0.25, 0.3) is 0 Å². The monoisotopic (exact) mass is 373 g/mol. The van der Waals surface area contributed by atoms with Gasteiger partial charge in [0, 0.05) is 36.0 Å². The van der Waals surface area contributed by atoms with Crippen LogP contribution in [0.3, 0.4) is 0 Å². The first-order valence-electron chi connectivity index (χ1n) is 8.94. The van der Waals surface area contributed by atoms with E-state index in [4.69, 9.17) is 16.4 Å². The second kappa shape index (κ2) is 9.01. The van der Waals surface area contributed by atoms with Crippen LogP contribution >= 0.6 is 11.6 Å². The fourth-order valence-corrected chi connectivity index (χ4v) is 3.60. The largest absolute Gasteiger partial charge is 0.618 e. The molecule has 0 spiro atoms. The molecule has 1 aliphatic rings. The fourth-order valence-electron chi connectivity index (χ4n) is 3.47. The van der Waals surface area contributed by atoms with Gasteiger partial charge in [0.25, 0.3) is 0 Å². The van der Waals surface area contributed by atoms with Crippen molar-refractivity contribution < 1.29 is 9.57 Å². The lowest BCUT2D eigenvalue weighted by Crippen LogP contribution is -2.39. The summed E-state index contributed by atoms with van der Waals surface area (Å²) >= 11 is 5.96. The van der Waals surface area contributed by atoms with Crippen LogP contribution < -0.4 is 4.73 Å². The quantitative estimate of drug-likeness (QED) is 0.336. The Labute approximate surface area is 159 Å². The number of hydrogen-bond donors (Lipinski definition) is 0. The van der Waals surface area contributed by atoms with Crippen molar-refractivity contribution in [2.24, 2.45) is 5.16 Å². The average molecular weight is 374 g/mol. The molecule has 0 amide bonds. The van der Waals surface area contributed by atoms with E-state index < -0.39 is 0 Å². The van der Waals surface area contributed by atoms with Gasteiger partial charge >= 0.3 is 0 Å². The topological polar surface area (TPSA) is 51.8 Å². The van der Waals surface area contributed by atoms with E-state index in [0.717, 1.165) is 60.6 Å². The summed E-state index contributed by atoms with van der Waals surface area (Å²) in [5, 5.41) is 16.8. The van der Waals surface area contributed by atoms with Gasteiger partial charge < -0.3 is 14.9 Å². The van der Waals surface area contributed by atoms with Gasteiger partial charge in [-0.3, -0.25) is 0 Å². The molecule has 0 aliphatic carbocycles. The van der Waals surface area contributed by atoms with Gasteiger partial charge in [0.05, 0.1) is 5.71 Å². The standard InChI is InChI=1S/C20H24ClN3O2/c1-26-22-19(16-5-7-18(21)8-6-16)11-15-23-13-9-17(10-14-23)20-4-2-3-12-24(20)25/h2-8,12,17H,9-11,13-15H2,1H3/b22-19-. The van der Waals surface area contributed by atoms with E-state index in [0.29, 0.717) is 10.9 Å². The number of nitrogens with zero attached hydrogens (tertiary/aromatic N) is 3. The SMILES string of the molecule is CO/N=C(/CCN1CCC(c2cccc[n+]2[O-])CC1)c1ccc(Cl)cc1. The first kappa shape index (κ1) is 18.7. The molecule has 0 unspecified atom stereocenters. The highest BCUT2D eigenvalue weighted by atomic mass is 35.5. The van der Waals surface area contributed by atoms with Gasteiger partial charge in [-0.05, 0) is 43.6 Å². The molecule has 5 nitrogen and oxygen atoms in total. The van der Waals surface area contributed by atoms with E-state index in [-0.39, 0.29) is 0 Å². The smallest absolute Gasteiger partial charge is 0.195 e. The van der Waals surface area contributed by atoms with Crippen LogP contribution in [0.5, 0.6) is 0 Å². The van der Waals surface area contributed by atoms with Crippen molar-refractivity contribution in [1.82, 2.24) is 4.90 Å². The molecule has 6 heteroatoms. The Morgan fingerprint density at radius 2 is 1.96 bits per heavy atom. The molecule has 0 radical (unpaired) electrons. The van der Waals surface area contributed by atoms with Crippen LogP contribution in [0.1, 0.15) is 36.4 Å². The molecular weight excluding hydrogens is 350 g/mol. The molecule has 0 saturated carbocycles. The summed E-state index contributed by atoms with van der Waals surface area (Å²) in [6, 6.07) is 13.3. The molecule has 1 aromatic carbocycles. The number of piperidine rings is 1. The second-order valence-electron chi connectivity index (χ2n) is 6.54. The van der Waals surface area contributed by atoms with Crippen molar-refractivity contribution in [1.29, 1.82) is 0 Å². The van der Waals surface area contributed by atoms with E-state index >= 15 is 0 Å². The van der Waals surface area contributed by atoms with Crippen molar-refractivity contribution in [3.63, 3.8) is 0 Å². The molecule has 1 fully saturated rings. The third-order valence-electron chi connectivity index (χ3n) is 4.90. The van der Waals surface area contributed by atoms with Crippen LogP contribution in [0, 0.1) is 5.21 Å². The van der Waals surface area contributed by atoms with Gasteiger partial charge in [-0.2, -0.15) is 4.73 Å². The summed E-state index contributed by atoms with van der Waals surface area (Å²) in [5.74, 6) is 0.341. The minimum Gasteiger partial charge on any atom is -0.618 e. The number of oxime groups is 1. The predicted molar refractivity (Wildman–Crippen MR) is 103 cm³/mol. The molecule has 0 bridgehead atoms. The number of hydrogen-bond acceptors (Lipinski definition) is 4. The van der Waals surface area contributed by atoms with Crippen LogP contribution in [0.15, 0.2) is 53.8 Å². The summed E-state index contributed by atoms with van der Waals surface area (Å²) in [6.07, 6.45) is 4.41. The molecule has 1 saturated heterocycles. The van der Waals surface area contributed by atoms with Crippen molar-refractivity contribution in [2.45, 2.75) is 25.2 Å². The average Bonchev–Trinajstić information content (AvgIpc) is 2.67. The number of halogens is 1. The summed E-state index contributed by atoms with van der Waals surface area (Å²) in [4.78, 5) is 7.44. The van der Waals surface area contributed by atoms with Crippen molar-refractivity contribution in [2.75, 3.05) is 26.7 Å². The maximum Gasteiger partial charge on any atom is 0.195 e. The van der Waals surface area contributed by atoms with E-state index in [1.165, 1.54) is 0 Å². The minimum atomic E-state index is 0.341. The summed E-state index contributed by atoms with van der Waals surface area (Å²) in [5.41, 5.74) is 2.84. The molecule has 2 heterocycles. The first-order chi connectivity index (χ1) is 12.7. The fraction of sp³-hybridized carbons (Fsp3) is 0.400. The Bertz CT molecular complexity index is 741. The lowest BCUT2D eigenvalue weighted by atomic mass is 9.92. The zero-order valence-corrected chi connectivity index (χ0v) is 15.7. The van der Waals surface area contributed by atoms with Gasteiger partial charge in [0.2, 0.25) is 0 Å². The highest BCUT2D eigenvalue weighted by molar-refractivity contribution is 6.30. The molecular formula is C20H24ClN3O2. The number of aromatic nitrogens is 1. The predicted octanol–water partition coefficient (Wildman–Crippen LogP) is 3.59. The first-order valence-corrected chi connectivity index (χ1v) is 9.31. The van der Waals surface area contributed by atoms with Gasteiger partial charge in [-0.1, -0.05) is 35.0 Å². The summed E-state index contributed by atoms with van der Waals surface area (Å²) < 4.78 is 1.00. The lowest BCUT2D eigenvalue weighted by molar-refractivity contribution is -0.616. The van der Waals surface area contributed by atoms with Crippen LogP contribution in [-0.2, 0) is 4.84 Å². The maximum atomic E-state index is 11.9. The Kier molecular flexibility index (Phi) is 6.47. The maximum absolute atomic E-state index is 11.9. The summed E-state index contributed by atoms with van der Waals surface area (Å²) in [7, 11) is 1.57. The molecule has 0 N–H and O–H groups in total. The van der Waals surface area contributed by atoms with Crippen molar-refractivity contribution in [3.05, 3.63) is 70.1 Å². The lowest BCUT2D eigenvalue weighted by Gasteiger charge is -2.31. The third kappa shape index (κ3) is 4.74. The summed E-state index contributed by atoms with van der Waals surface area (Å²) in [6.45, 7) is 2.89. The molecule has 1 aliphatic heterocycles. The van der Waals surface area contributed by atoms with Crippen molar-refractivity contribution >= 4 is 17.3 Å². The number of likely N-dealkylation sites (tertiary alicyclic amines) is 1. The van der Waals surface area contributed by atoms with Gasteiger partial charge in [-0.25, -0.2) is 0 Å². The molecule has 0 atom stereocenters. The molecule has 3 rings (SSSR count). The van der Waals surface area contributed by atoms with Gasteiger partial charge in [-0.15, -0.1) is 0 Å².